The number of amides is 2. The monoisotopic (exact) mass is 440 g/mol. The van der Waals surface area contributed by atoms with Gasteiger partial charge in [-0.05, 0) is 12.8 Å². The second kappa shape index (κ2) is 17.3. The van der Waals surface area contributed by atoms with Gasteiger partial charge in [0.1, 0.15) is 0 Å². The van der Waals surface area contributed by atoms with Gasteiger partial charge >= 0.3 is 0 Å². The molecule has 2 N–H and O–H groups in total. The van der Waals surface area contributed by atoms with Gasteiger partial charge in [0.25, 0.3) is 0 Å². The van der Waals surface area contributed by atoms with Crippen molar-refractivity contribution in [2.45, 2.75) is 64.2 Å². The van der Waals surface area contributed by atoms with Crippen molar-refractivity contribution in [3.05, 3.63) is 0 Å². The molecule has 0 saturated heterocycles. The van der Waals surface area contributed by atoms with Crippen molar-refractivity contribution in [2.24, 2.45) is 0 Å². The van der Waals surface area contributed by atoms with Crippen LogP contribution >= 0.6 is 31.9 Å². The van der Waals surface area contributed by atoms with Crippen molar-refractivity contribution in [2.75, 3.05) is 23.7 Å². The summed E-state index contributed by atoms with van der Waals surface area (Å²) >= 11 is 6.26. The molecule has 0 saturated carbocycles. The molecule has 0 heterocycles. The van der Waals surface area contributed by atoms with Crippen molar-refractivity contribution < 1.29 is 9.59 Å². The Bertz CT molecular complexity index is 261. The van der Waals surface area contributed by atoms with Crippen molar-refractivity contribution in [3.63, 3.8) is 0 Å². The van der Waals surface area contributed by atoms with Crippen molar-refractivity contribution in [3.8, 4) is 0 Å². The van der Waals surface area contributed by atoms with Crippen LogP contribution in [-0.2, 0) is 9.59 Å². The van der Waals surface area contributed by atoms with Crippen molar-refractivity contribution >= 4 is 43.7 Å². The first-order valence-electron chi connectivity index (χ1n) is 8.36. The van der Waals surface area contributed by atoms with E-state index in [-0.39, 0.29) is 11.8 Å². The summed E-state index contributed by atoms with van der Waals surface area (Å²) < 4.78 is 0. The minimum absolute atomic E-state index is 0.0757. The van der Waals surface area contributed by atoms with Gasteiger partial charge in [-0.3, -0.25) is 9.59 Å². The summed E-state index contributed by atoms with van der Waals surface area (Å²) in [5.74, 6) is 0.151. The van der Waals surface area contributed by atoms with E-state index >= 15 is 0 Å². The number of alkyl halides is 2. The van der Waals surface area contributed by atoms with Crippen LogP contribution in [-0.4, -0.2) is 35.6 Å². The van der Waals surface area contributed by atoms with E-state index in [1.165, 1.54) is 51.4 Å². The Morgan fingerprint density at radius 1 is 0.545 bits per heavy atom. The second-order valence-corrected chi connectivity index (χ2v) is 6.62. The maximum absolute atomic E-state index is 11.0. The highest BCUT2D eigenvalue weighted by Gasteiger charge is 1.97. The highest BCUT2D eigenvalue weighted by molar-refractivity contribution is 9.09. The minimum Gasteiger partial charge on any atom is -0.355 e. The molecule has 0 rings (SSSR count). The Morgan fingerprint density at radius 3 is 1.09 bits per heavy atom. The second-order valence-electron chi connectivity index (χ2n) is 5.50. The molecule has 0 atom stereocenters. The smallest absolute Gasteiger partial charge is 0.230 e. The van der Waals surface area contributed by atoms with Crippen LogP contribution in [0.1, 0.15) is 64.2 Å². The first-order valence-corrected chi connectivity index (χ1v) is 10.6. The molecule has 0 bridgehead atoms. The summed E-state index contributed by atoms with van der Waals surface area (Å²) in [6, 6.07) is 0. The van der Waals surface area contributed by atoms with Crippen molar-refractivity contribution in [1.82, 2.24) is 10.6 Å². The molecule has 22 heavy (non-hydrogen) atoms. The number of halogens is 2. The van der Waals surface area contributed by atoms with Gasteiger partial charge in [0.15, 0.2) is 0 Å². The number of unbranched alkanes of at least 4 members (excludes halogenated alkanes) is 9. The van der Waals surface area contributed by atoms with E-state index in [4.69, 9.17) is 0 Å². The molecule has 6 heteroatoms. The Balaban J connectivity index is 3.05. The lowest BCUT2D eigenvalue weighted by molar-refractivity contribution is -0.119. The average Bonchev–Trinajstić information content (AvgIpc) is 2.54. The van der Waals surface area contributed by atoms with Crippen LogP contribution in [0.2, 0.25) is 0 Å². The largest absolute Gasteiger partial charge is 0.355 e. The highest BCUT2D eigenvalue weighted by atomic mass is 79.9. The van der Waals surface area contributed by atoms with E-state index in [2.05, 4.69) is 42.5 Å². The van der Waals surface area contributed by atoms with E-state index < -0.39 is 0 Å². The number of nitrogens with one attached hydrogen (secondary N) is 2. The van der Waals surface area contributed by atoms with Crippen molar-refractivity contribution in [1.29, 1.82) is 0 Å². The van der Waals surface area contributed by atoms with Crippen LogP contribution < -0.4 is 10.6 Å². The molecule has 0 aliphatic rings. The molecule has 0 aromatic carbocycles. The summed E-state index contributed by atoms with van der Waals surface area (Å²) in [5.41, 5.74) is 0. The van der Waals surface area contributed by atoms with Gasteiger partial charge in [-0.2, -0.15) is 0 Å². The minimum atomic E-state index is 0.0757. The zero-order valence-corrected chi connectivity index (χ0v) is 16.6. The number of rotatable bonds is 15. The van der Waals surface area contributed by atoms with Crippen LogP contribution in [0.15, 0.2) is 0 Å². The number of hydrogen-bond acceptors (Lipinski definition) is 2. The van der Waals surface area contributed by atoms with Gasteiger partial charge in [-0.15, -0.1) is 0 Å². The summed E-state index contributed by atoms with van der Waals surface area (Å²) in [6.45, 7) is 1.60. The van der Waals surface area contributed by atoms with E-state index in [1.54, 1.807) is 0 Å². The fourth-order valence-corrected chi connectivity index (χ4v) is 2.61. The van der Waals surface area contributed by atoms with E-state index in [0.717, 1.165) is 25.9 Å². The van der Waals surface area contributed by atoms with E-state index in [0.29, 0.717) is 10.7 Å². The third-order valence-electron chi connectivity index (χ3n) is 3.49. The first kappa shape index (κ1) is 21.9. The molecule has 0 spiro atoms. The Morgan fingerprint density at radius 2 is 0.818 bits per heavy atom. The van der Waals surface area contributed by atoms with E-state index in [9.17, 15) is 9.59 Å². The van der Waals surface area contributed by atoms with Crippen LogP contribution in [0.3, 0.4) is 0 Å². The fraction of sp³-hybridized carbons (Fsp3) is 0.875. The predicted molar refractivity (Wildman–Crippen MR) is 99.8 cm³/mol. The van der Waals surface area contributed by atoms with Crippen LogP contribution in [0.25, 0.3) is 0 Å². The standard InChI is InChI=1S/C16H30Br2N2O2/c17-13-15(21)19-11-9-7-5-3-1-2-4-6-8-10-12-20-16(22)14-18/h1-14H2,(H,19,21)(H,20,22). The molecule has 0 aliphatic heterocycles. The summed E-state index contributed by atoms with van der Waals surface area (Å²) in [7, 11) is 0. The van der Waals surface area contributed by atoms with Gasteiger partial charge < -0.3 is 10.6 Å². The third kappa shape index (κ3) is 16.3. The maximum atomic E-state index is 11.0. The highest BCUT2D eigenvalue weighted by Crippen LogP contribution is 2.10. The Kier molecular flexibility index (Phi) is 17.2. The van der Waals surface area contributed by atoms with Crippen LogP contribution in [0, 0.1) is 0 Å². The molecule has 2 amide bonds. The normalized spacial score (nSPS) is 10.5. The predicted octanol–water partition coefficient (Wildman–Crippen LogP) is 3.91. The molecule has 0 radical (unpaired) electrons. The molecule has 0 aromatic heterocycles. The van der Waals surface area contributed by atoms with Gasteiger partial charge in [0, 0.05) is 13.1 Å². The van der Waals surface area contributed by atoms with Gasteiger partial charge in [-0.25, -0.2) is 0 Å². The third-order valence-corrected chi connectivity index (χ3v) is 4.51. The summed E-state index contributed by atoms with van der Waals surface area (Å²) in [5, 5.41) is 6.53. The molecule has 4 nitrogen and oxygen atoms in total. The van der Waals surface area contributed by atoms with Crippen LogP contribution in [0.4, 0.5) is 0 Å². The first-order chi connectivity index (χ1) is 10.7. The quantitative estimate of drug-likeness (QED) is 0.299. The topological polar surface area (TPSA) is 58.2 Å². The molecule has 0 aromatic rings. The van der Waals surface area contributed by atoms with Gasteiger partial charge in [0.2, 0.25) is 11.8 Å². The molecular weight excluding hydrogens is 412 g/mol. The molecule has 0 unspecified atom stereocenters. The van der Waals surface area contributed by atoms with Gasteiger partial charge in [0.05, 0.1) is 10.7 Å². The number of hydrogen-bond donors (Lipinski definition) is 2. The Labute approximate surface area is 151 Å². The SMILES string of the molecule is O=C(CBr)NCCCCCCCCCCCCNC(=O)CBr. The average molecular weight is 442 g/mol. The summed E-state index contributed by atoms with van der Waals surface area (Å²) in [6.07, 6.45) is 12.3. The lowest BCUT2D eigenvalue weighted by atomic mass is 10.1. The zero-order chi connectivity index (χ0) is 16.5. The number of carbonyl (C=O) groups excluding carboxylic acids is 2. The maximum Gasteiger partial charge on any atom is 0.230 e. The summed E-state index contributed by atoms with van der Waals surface area (Å²) in [4.78, 5) is 22.0. The Hall–Kier alpha value is -0.100. The molecule has 0 aliphatic carbocycles. The lowest BCUT2D eigenvalue weighted by Crippen LogP contribution is -2.25. The zero-order valence-electron chi connectivity index (χ0n) is 13.5. The molecular formula is C16H30Br2N2O2. The van der Waals surface area contributed by atoms with Crippen LogP contribution in [0.5, 0.6) is 0 Å². The lowest BCUT2D eigenvalue weighted by Gasteiger charge is -2.04. The fourth-order valence-electron chi connectivity index (χ4n) is 2.21. The van der Waals surface area contributed by atoms with E-state index in [1.807, 2.05) is 0 Å². The molecule has 130 valence electrons. The van der Waals surface area contributed by atoms with Gasteiger partial charge in [-0.1, -0.05) is 83.2 Å². The number of carbonyl (C=O) groups is 2. The molecule has 0 fully saturated rings.